The molecule has 0 spiro atoms. The van der Waals surface area contributed by atoms with Crippen molar-refractivity contribution in [3.05, 3.63) is 77.9 Å². The van der Waals surface area contributed by atoms with Crippen molar-refractivity contribution in [3.63, 3.8) is 0 Å². The molecule has 2 aromatic rings. The maximum atomic E-state index is 13.6. The highest BCUT2D eigenvalue weighted by atomic mass is 35.5. The lowest BCUT2D eigenvalue weighted by molar-refractivity contribution is -0.137. The zero-order valence-electron chi connectivity index (χ0n) is 25.5. The second-order valence-electron chi connectivity index (χ2n) is 11.0. The van der Waals surface area contributed by atoms with Crippen LogP contribution in [0.3, 0.4) is 0 Å². The minimum atomic E-state index is -0.902. The molecule has 1 aliphatic heterocycles. The molecule has 10 nitrogen and oxygen atoms in total. The van der Waals surface area contributed by atoms with Crippen LogP contribution in [0.15, 0.2) is 66.7 Å². The van der Waals surface area contributed by atoms with Crippen LogP contribution in [-0.4, -0.2) is 52.3 Å². The number of hydrogen-bond acceptors (Lipinski definition) is 7. The van der Waals surface area contributed by atoms with Crippen molar-refractivity contribution in [2.24, 2.45) is 5.92 Å². The highest BCUT2D eigenvalue weighted by Crippen LogP contribution is 2.20. The predicted molar refractivity (Wildman–Crippen MR) is 170 cm³/mol. The van der Waals surface area contributed by atoms with E-state index >= 15 is 0 Å². The Morgan fingerprint density at radius 3 is 2.20 bits per heavy atom. The Morgan fingerprint density at radius 1 is 0.867 bits per heavy atom. The van der Waals surface area contributed by atoms with Crippen LogP contribution in [0.1, 0.15) is 69.4 Å². The molecule has 240 valence electrons. The van der Waals surface area contributed by atoms with Crippen molar-refractivity contribution >= 4 is 52.1 Å². The molecule has 0 saturated heterocycles. The van der Waals surface area contributed by atoms with Crippen molar-refractivity contribution in [1.29, 1.82) is 0 Å². The topological polar surface area (TPSA) is 139 Å². The van der Waals surface area contributed by atoms with Crippen LogP contribution in [0.2, 0.25) is 0 Å². The third-order valence-corrected chi connectivity index (χ3v) is 7.60. The number of carbonyl (C=O) groups is 6. The molecule has 0 bridgehead atoms. The summed E-state index contributed by atoms with van der Waals surface area (Å²) in [5, 5.41) is 5.77. The lowest BCUT2D eigenvalue weighted by Crippen LogP contribution is -2.43. The van der Waals surface area contributed by atoms with Crippen molar-refractivity contribution < 1.29 is 33.5 Å². The number of hydrogen-bond donors (Lipinski definition) is 2. The van der Waals surface area contributed by atoms with Gasteiger partial charge in [-0.15, -0.1) is 0 Å². The molecule has 0 aliphatic carbocycles. The number of ketones is 1. The number of nitrogens with zero attached hydrogens (tertiary/aromatic N) is 1. The zero-order chi connectivity index (χ0) is 32.6. The molecule has 3 rings (SSSR count). The molecular formula is C34H40ClN3O7. The fourth-order valence-corrected chi connectivity index (χ4v) is 5.03. The fourth-order valence-electron chi connectivity index (χ4n) is 4.98. The minimum absolute atomic E-state index is 0.0110. The highest BCUT2D eigenvalue weighted by molar-refractivity contribution is 6.61. The van der Waals surface area contributed by atoms with Gasteiger partial charge in [0.2, 0.25) is 11.8 Å². The summed E-state index contributed by atoms with van der Waals surface area (Å²) < 4.78 is 4.77. The standard InChI is InChI=1S/C34H40ClN3O7/c1-2-3-12-26(33(43)36-27-16-14-25(15-17-27)23-45-34(35)44)22-29(39)28(21-24-10-6-4-7-11-24)37-30(40)13-8-5-9-20-38-31(41)18-19-32(38)42/h4,6-7,10-11,14-19,26,28H,2-3,5,8-9,12-13,20-23H2,1H3,(H,36,43)(H,37,40)/t26-,28+/m1/s1. The van der Waals surface area contributed by atoms with Crippen LogP contribution >= 0.6 is 11.6 Å². The van der Waals surface area contributed by atoms with E-state index in [2.05, 4.69) is 10.6 Å². The number of nitrogens with one attached hydrogen (secondary N) is 2. The first-order valence-electron chi connectivity index (χ1n) is 15.3. The summed E-state index contributed by atoms with van der Waals surface area (Å²) in [4.78, 5) is 75.3. The molecule has 2 aromatic carbocycles. The van der Waals surface area contributed by atoms with Gasteiger partial charge in [0, 0.05) is 54.7 Å². The van der Waals surface area contributed by atoms with Gasteiger partial charge in [-0.05, 0) is 48.9 Å². The van der Waals surface area contributed by atoms with E-state index in [0.717, 1.165) is 18.4 Å². The normalized spacial score (nSPS) is 13.8. The van der Waals surface area contributed by atoms with Crippen LogP contribution in [-0.2, 0) is 41.7 Å². The first-order valence-corrected chi connectivity index (χ1v) is 15.7. The van der Waals surface area contributed by atoms with Gasteiger partial charge in [0.05, 0.1) is 6.04 Å². The predicted octanol–water partition coefficient (Wildman–Crippen LogP) is 5.48. The number of Topliss-reactive ketones (excluding diaryl/α,β-unsaturated/α-hetero) is 1. The smallest absolute Gasteiger partial charge is 0.404 e. The van der Waals surface area contributed by atoms with Crippen molar-refractivity contribution in [1.82, 2.24) is 10.2 Å². The SMILES string of the molecule is CCCC[C@H](CC(=O)[C@H](Cc1ccccc1)NC(=O)CCCCCN1C(=O)C=CC1=O)C(=O)Nc1ccc(COC(=O)Cl)cc1. The number of halogens is 1. The summed E-state index contributed by atoms with van der Waals surface area (Å²) in [6.45, 7) is 2.33. The number of anilines is 1. The second kappa shape index (κ2) is 18.5. The van der Waals surface area contributed by atoms with Crippen LogP contribution in [0.5, 0.6) is 0 Å². The van der Waals surface area contributed by atoms with Crippen LogP contribution in [0.25, 0.3) is 0 Å². The number of ether oxygens (including phenoxy) is 1. The highest BCUT2D eigenvalue weighted by Gasteiger charge is 2.28. The summed E-state index contributed by atoms with van der Waals surface area (Å²) in [6, 6.07) is 15.4. The van der Waals surface area contributed by atoms with Gasteiger partial charge in [0.1, 0.15) is 6.61 Å². The third kappa shape index (κ3) is 12.3. The lowest BCUT2D eigenvalue weighted by Gasteiger charge is -2.22. The van der Waals surface area contributed by atoms with Gasteiger partial charge in [-0.3, -0.25) is 28.9 Å². The van der Waals surface area contributed by atoms with Gasteiger partial charge >= 0.3 is 5.43 Å². The summed E-state index contributed by atoms with van der Waals surface area (Å²) in [6.07, 6.45) is 6.85. The molecule has 0 aromatic heterocycles. The largest absolute Gasteiger partial charge is 0.449 e. The summed E-state index contributed by atoms with van der Waals surface area (Å²) in [5.41, 5.74) is 1.23. The number of rotatable bonds is 19. The Morgan fingerprint density at radius 2 is 1.56 bits per heavy atom. The van der Waals surface area contributed by atoms with E-state index in [0.29, 0.717) is 49.9 Å². The Balaban J connectivity index is 1.59. The number of carbonyl (C=O) groups excluding carboxylic acids is 6. The Bertz CT molecular complexity index is 1340. The maximum Gasteiger partial charge on any atom is 0.404 e. The molecule has 45 heavy (non-hydrogen) atoms. The van der Waals surface area contributed by atoms with Crippen LogP contribution in [0, 0.1) is 5.92 Å². The van der Waals surface area contributed by atoms with E-state index in [9.17, 15) is 28.8 Å². The lowest BCUT2D eigenvalue weighted by atomic mass is 9.90. The third-order valence-electron chi connectivity index (χ3n) is 7.49. The van der Waals surface area contributed by atoms with E-state index in [1.165, 1.54) is 17.1 Å². The molecule has 2 atom stereocenters. The molecule has 0 fully saturated rings. The molecular weight excluding hydrogens is 598 g/mol. The van der Waals surface area contributed by atoms with E-state index in [-0.39, 0.29) is 48.9 Å². The summed E-state index contributed by atoms with van der Waals surface area (Å²) in [5.74, 6) is -2.01. The molecule has 0 radical (unpaired) electrons. The first-order chi connectivity index (χ1) is 21.7. The van der Waals surface area contributed by atoms with E-state index in [4.69, 9.17) is 16.3 Å². The van der Waals surface area contributed by atoms with Gasteiger partial charge in [-0.1, -0.05) is 68.7 Å². The molecule has 0 unspecified atom stereocenters. The first kappa shape index (κ1) is 35.2. The monoisotopic (exact) mass is 637 g/mol. The Kier molecular flexibility index (Phi) is 14.4. The number of benzene rings is 2. The number of unbranched alkanes of at least 4 members (excludes halogenated alkanes) is 3. The second-order valence-corrected chi connectivity index (χ2v) is 11.3. The molecule has 2 N–H and O–H groups in total. The Hall–Kier alpha value is -4.31. The minimum Gasteiger partial charge on any atom is -0.449 e. The van der Waals surface area contributed by atoms with Gasteiger partial charge in [-0.2, -0.15) is 0 Å². The summed E-state index contributed by atoms with van der Waals surface area (Å²) in [7, 11) is 0. The Labute approximate surface area is 268 Å². The average Bonchev–Trinajstić information content (AvgIpc) is 3.34. The number of amides is 4. The van der Waals surface area contributed by atoms with E-state index < -0.39 is 17.4 Å². The number of imide groups is 1. The van der Waals surface area contributed by atoms with Gasteiger partial charge in [-0.25, -0.2) is 4.79 Å². The van der Waals surface area contributed by atoms with E-state index in [1.54, 1.807) is 24.3 Å². The van der Waals surface area contributed by atoms with Gasteiger partial charge < -0.3 is 15.4 Å². The van der Waals surface area contributed by atoms with Crippen molar-refractivity contribution in [2.75, 3.05) is 11.9 Å². The molecule has 4 amide bonds. The maximum absolute atomic E-state index is 13.6. The van der Waals surface area contributed by atoms with Gasteiger partial charge in [0.25, 0.3) is 11.8 Å². The van der Waals surface area contributed by atoms with Gasteiger partial charge in [0.15, 0.2) is 5.78 Å². The van der Waals surface area contributed by atoms with E-state index in [1.807, 2.05) is 37.3 Å². The van der Waals surface area contributed by atoms with Crippen LogP contribution in [0.4, 0.5) is 10.5 Å². The molecule has 0 saturated carbocycles. The van der Waals surface area contributed by atoms with Crippen molar-refractivity contribution in [2.45, 2.75) is 77.4 Å². The van der Waals surface area contributed by atoms with Crippen molar-refractivity contribution in [3.8, 4) is 0 Å². The quantitative estimate of drug-likeness (QED) is 0.118. The fraction of sp³-hybridized carbons (Fsp3) is 0.412. The van der Waals surface area contributed by atoms with Crippen LogP contribution < -0.4 is 10.6 Å². The molecule has 1 aliphatic rings. The molecule has 11 heteroatoms. The summed E-state index contributed by atoms with van der Waals surface area (Å²) >= 11 is 5.21. The average molecular weight is 638 g/mol. The zero-order valence-corrected chi connectivity index (χ0v) is 26.2. The molecule has 1 heterocycles.